The number of aryl methyl sites for hydroxylation is 1. The summed E-state index contributed by atoms with van der Waals surface area (Å²) in [6.45, 7) is 0.172. The van der Waals surface area contributed by atoms with E-state index in [1.807, 2.05) is 36.4 Å². The minimum Gasteiger partial charge on any atom is -0.508 e. The van der Waals surface area contributed by atoms with Crippen LogP contribution in [-0.4, -0.2) is 21.9 Å². The van der Waals surface area contributed by atoms with E-state index in [4.69, 9.17) is 9.84 Å². The summed E-state index contributed by atoms with van der Waals surface area (Å²) in [6, 6.07) is 20.5. The van der Waals surface area contributed by atoms with Gasteiger partial charge in [0.15, 0.2) is 0 Å². The van der Waals surface area contributed by atoms with Crippen molar-refractivity contribution in [2.45, 2.75) is 24.9 Å². The lowest BCUT2D eigenvalue weighted by molar-refractivity contribution is 0.222. The quantitative estimate of drug-likeness (QED) is 0.633. The molecule has 0 saturated heterocycles. The van der Waals surface area contributed by atoms with Gasteiger partial charge >= 0.3 is 0 Å². The molecule has 2 atom stereocenters. The number of fused-ring (bicyclic) bond motifs is 1. The van der Waals surface area contributed by atoms with Crippen LogP contribution in [0.25, 0.3) is 0 Å². The Morgan fingerprint density at radius 3 is 2.04 bits per heavy atom. The van der Waals surface area contributed by atoms with Gasteiger partial charge in [0, 0.05) is 12.2 Å². The van der Waals surface area contributed by atoms with Crippen LogP contribution in [0.1, 0.15) is 40.7 Å². The molecule has 0 aliphatic carbocycles. The summed E-state index contributed by atoms with van der Waals surface area (Å²) in [5.41, 5.74) is 4.32. The molecule has 0 saturated carbocycles. The molecule has 0 spiro atoms. The highest BCUT2D eigenvalue weighted by Crippen LogP contribution is 2.50. The van der Waals surface area contributed by atoms with Crippen LogP contribution in [0.4, 0.5) is 0 Å². The van der Waals surface area contributed by atoms with Crippen molar-refractivity contribution in [3.05, 3.63) is 89.0 Å². The lowest BCUT2D eigenvalue weighted by Crippen LogP contribution is -2.11. The Labute approximate surface area is 158 Å². The molecule has 3 aromatic carbocycles. The van der Waals surface area contributed by atoms with E-state index in [-0.39, 0.29) is 30.1 Å². The third kappa shape index (κ3) is 3.49. The van der Waals surface area contributed by atoms with Crippen LogP contribution in [0.15, 0.2) is 66.7 Å². The number of phenols is 2. The van der Waals surface area contributed by atoms with Gasteiger partial charge in [0.05, 0.1) is 5.92 Å². The van der Waals surface area contributed by atoms with Gasteiger partial charge < -0.3 is 20.1 Å². The molecule has 4 heteroatoms. The molecular weight excluding hydrogens is 340 g/mol. The number of rotatable bonds is 5. The third-order valence-corrected chi connectivity index (χ3v) is 5.06. The van der Waals surface area contributed by atoms with Crippen LogP contribution in [0.5, 0.6) is 17.2 Å². The van der Waals surface area contributed by atoms with Crippen LogP contribution >= 0.6 is 0 Å². The molecule has 138 valence electrons. The highest BCUT2D eigenvalue weighted by molar-refractivity contribution is 5.51. The van der Waals surface area contributed by atoms with Gasteiger partial charge in [0.25, 0.3) is 0 Å². The van der Waals surface area contributed by atoms with Gasteiger partial charge in [0.1, 0.15) is 23.4 Å². The van der Waals surface area contributed by atoms with Crippen molar-refractivity contribution in [1.29, 1.82) is 0 Å². The van der Waals surface area contributed by atoms with Gasteiger partial charge in [-0.2, -0.15) is 0 Å². The van der Waals surface area contributed by atoms with Crippen molar-refractivity contribution in [3.63, 3.8) is 0 Å². The van der Waals surface area contributed by atoms with Crippen LogP contribution in [0.2, 0.25) is 0 Å². The Morgan fingerprint density at radius 2 is 1.41 bits per heavy atom. The first kappa shape index (κ1) is 17.4. The first-order chi connectivity index (χ1) is 13.2. The molecule has 4 nitrogen and oxygen atoms in total. The summed E-state index contributed by atoms with van der Waals surface area (Å²) >= 11 is 0. The van der Waals surface area contributed by atoms with Crippen LogP contribution < -0.4 is 4.74 Å². The van der Waals surface area contributed by atoms with E-state index in [1.54, 1.807) is 24.3 Å². The van der Waals surface area contributed by atoms with Crippen molar-refractivity contribution < 1.29 is 20.1 Å². The fourth-order valence-corrected chi connectivity index (χ4v) is 3.72. The first-order valence-electron chi connectivity index (χ1n) is 9.14. The van der Waals surface area contributed by atoms with Crippen LogP contribution in [0.3, 0.4) is 0 Å². The molecule has 27 heavy (non-hydrogen) atoms. The highest BCUT2D eigenvalue weighted by atomic mass is 16.5. The maximum atomic E-state index is 9.67. The van der Waals surface area contributed by atoms with Gasteiger partial charge in [-0.05, 0) is 59.9 Å². The second-order valence-electron chi connectivity index (χ2n) is 6.90. The molecule has 0 bridgehead atoms. The predicted molar refractivity (Wildman–Crippen MR) is 103 cm³/mol. The monoisotopic (exact) mass is 362 g/mol. The fraction of sp³-hybridized carbons (Fsp3) is 0.217. The highest BCUT2D eigenvalue weighted by Gasteiger charge is 2.36. The van der Waals surface area contributed by atoms with Crippen molar-refractivity contribution in [1.82, 2.24) is 0 Å². The van der Waals surface area contributed by atoms with Crippen molar-refractivity contribution in [2.75, 3.05) is 6.61 Å². The summed E-state index contributed by atoms with van der Waals surface area (Å²) < 4.78 is 6.30. The molecule has 2 unspecified atom stereocenters. The summed E-state index contributed by atoms with van der Waals surface area (Å²) in [6.07, 6.45) is 1.33. The van der Waals surface area contributed by atoms with E-state index in [0.29, 0.717) is 0 Å². The smallest absolute Gasteiger partial charge is 0.135 e. The number of benzene rings is 3. The van der Waals surface area contributed by atoms with Crippen molar-refractivity contribution >= 4 is 0 Å². The van der Waals surface area contributed by atoms with E-state index in [2.05, 4.69) is 6.07 Å². The van der Waals surface area contributed by atoms with E-state index in [0.717, 1.165) is 35.3 Å². The minimum atomic E-state index is -0.210. The predicted octanol–water partition coefficient (Wildman–Crippen LogP) is 4.29. The van der Waals surface area contributed by atoms with Crippen LogP contribution in [0, 0.1) is 0 Å². The average molecular weight is 362 g/mol. The Kier molecular flexibility index (Phi) is 4.73. The molecule has 0 amide bonds. The summed E-state index contributed by atoms with van der Waals surface area (Å²) in [4.78, 5) is 0. The summed E-state index contributed by atoms with van der Waals surface area (Å²) in [5.74, 6) is 1.29. The Bertz CT molecular complexity index is 916. The fourth-order valence-electron chi connectivity index (χ4n) is 3.72. The van der Waals surface area contributed by atoms with Crippen molar-refractivity contribution in [2.24, 2.45) is 0 Å². The SMILES string of the molecule is OCCCc1ccc2c(c1)C(c1ccc(O)cc1)C(c1ccc(O)cc1)O2. The lowest BCUT2D eigenvalue weighted by atomic mass is 9.84. The van der Waals surface area contributed by atoms with Gasteiger partial charge in [-0.1, -0.05) is 36.4 Å². The average Bonchev–Trinajstić information content (AvgIpc) is 3.06. The second kappa shape index (κ2) is 7.33. The topological polar surface area (TPSA) is 69.9 Å². The summed E-state index contributed by atoms with van der Waals surface area (Å²) in [7, 11) is 0. The Morgan fingerprint density at radius 1 is 0.778 bits per heavy atom. The number of ether oxygens (including phenoxy) is 1. The largest absolute Gasteiger partial charge is 0.508 e. The van der Waals surface area contributed by atoms with E-state index < -0.39 is 0 Å². The molecule has 3 N–H and O–H groups in total. The van der Waals surface area contributed by atoms with Gasteiger partial charge in [0.2, 0.25) is 0 Å². The standard InChI is InChI=1S/C23H22O4/c24-13-1-2-15-3-12-21-20(14-15)22(16-4-8-18(25)9-5-16)23(27-21)17-6-10-19(26)11-7-17/h3-12,14,22-26H,1-2,13H2. The molecule has 0 radical (unpaired) electrons. The van der Waals surface area contributed by atoms with Gasteiger partial charge in [-0.15, -0.1) is 0 Å². The number of hydrogen-bond acceptors (Lipinski definition) is 4. The number of aromatic hydroxyl groups is 2. The second-order valence-corrected chi connectivity index (χ2v) is 6.90. The molecule has 1 heterocycles. The Balaban J connectivity index is 1.77. The zero-order valence-electron chi connectivity index (χ0n) is 14.9. The molecule has 3 aromatic rings. The zero-order chi connectivity index (χ0) is 18.8. The van der Waals surface area contributed by atoms with E-state index in [1.165, 1.54) is 5.56 Å². The molecule has 0 aromatic heterocycles. The molecule has 1 aliphatic heterocycles. The van der Waals surface area contributed by atoms with E-state index >= 15 is 0 Å². The Hall–Kier alpha value is -2.98. The van der Waals surface area contributed by atoms with E-state index in [9.17, 15) is 10.2 Å². The van der Waals surface area contributed by atoms with Crippen molar-refractivity contribution in [3.8, 4) is 17.2 Å². The minimum absolute atomic E-state index is 0.0146. The number of aliphatic hydroxyl groups excluding tert-OH is 1. The van der Waals surface area contributed by atoms with Gasteiger partial charge in [-0.3, -0.25) is 0 Å². The molecule has 1 aliphatic rings. The maximum Gasteiger partial charge on any atom is 0.135 e. The molecule has 0 fully saturated rings. The third-order valence-electron chi connectivity index (χ3n) is 5.06. The van der Waals surface area contributed by atoms with Gasteiger partial charge in [-0.25, -0.2) is 0 Å². The lowest BCUT2D eigenvalue weighted by Gasteiger charge is -2.20. The zero-order valence-corrected chi connectivity index (χ0v) is 14.9. The number of phenolic OH excluding ortho intramolecular Hbond substituents is 2. The number of hydrogen-bond donors (Lipinski definition) is 3. The van der Waals surface area contributed by atoms with Crippen LogP contribution in [-0.2, 0) is 6.42 Å². The number of aliphatic hydroxyl groups is 1. The maximum absolute atomic E-state index is 9.67. The normalized spacial score (nSPS) is 18.1. The first-order valence-corrected chi connectivity index (χ1v) is 9.14. The molecule has 4 rings (SSSR count). The summed E-state index contributed by atoms with van der Waals surface area (Å²) in [5, 5.41) is 28.4. The molecular formula is C23H22O4.